The van der Waals surface area contributed by atoms with E-state index in [2.05, 4.69) is 5.32 Å². The van der Waals surface area contributed by atoms with Gasteiger partial charge in [-0.2, -0.15) is 0 Å². The number of nitrogens with one attached hydrogen (secondary N) is 1. The Kier molecular flexibility index (Phi) is 5.74. The number of aliphatic hydroxyl groups excluding tert-OH is 1. The first kappa shape index (κ1) is 17.1. The van der Waals surface area contributed by atoms with Gasteiger partial charge in [-0.15, -0.1) is 0 Å². The summed E-state index contributed by atoms with van der Waals surface area (Å²) in [5, 5.41) is 21.3. The molecule has 1 heterocycles. The fraction of sp³-hybridized carbons (Fsp3) is 0.571. The molecule has 1 aromatic rings. The van der Waals surface area contributed by atoms with Gasteiger partial charge in [-0.25, -0.2) is 4.39 Å². The Morgan fingerprint density at radius 1 is 1.41 bits per heavy atom. The number of hydrogen-bond donors (Lipinski definition) is 4. The van der Waals surface area contributed by atoms with Crippen LogP contribution >= 0.6 is 0 Å². The van der Waals surface area contributed by atoms with E-state index in [1.165, 1.54) is 6.07 Å². The molecule has 124 valence electrons. The van der Waals surface area contributed by atoms with Crippen LogP contribution < -0.4 is 16.0 Å². The van der Waals surface area contributed by atoms with Crippen LogP contribution in [0, 0.1) is 5.82 Å². The van der Waals surface area contributed by atoms with Crippen molar-refractivity contribution in [2.75, 3.05) is 48.0 Å². The topological polar surface area (TPSA) is 98.8 Å². The molecule has 0 unspecified atom stereocenters. The van der Waals surface area contributed by atoms with Gasteiger partial charge in [-0.1, -0.05) is 0 Å². The third-order valence-electron chi connectivity index (χ3n) is 3.63. The third kappa shape index (κ3) is 4.64. The maximum Gasteiger partial charge on any atom is 0.148 e. The number of nitrogens with zero attached hydrogens (tertiary/aromatic N) is 1. The first-order valence-corrected chi connectivity index (χ1v) is 8.65. The molecule has 0 bridgehead atoms. The van der Waals surface area contributed by atoms with Crippen LogP contribution in [0.4, 0.5) is 15.8 Å². The van der Waals surface area contributed by atoms with Gasteiger partial charge >= 0.3 is 0 Å². The Bertz CT molecular complexity index is 532. The van der Waals surface area contributed by atoms with Gasteiger partial charge in [0.15, 0.2) is 0 Å². The SMILES string of the molecule is N[C@](O)(CO)CCNc1ccc(N2CCS(=O)CC2)c(F)c1. The van der Waals surface area contributed by atoms with Gasteiger partial charge in [-0.3, -0.25) is 4.21 Å². The van der Waals surface area contributed by atoms with Crippen molar-refractivity contribution in [2.45, 2.75) is 12.1 Å². The number of nitrogens with two attached hydrogens (primary N) is 1. The summed E-state index contributed by atoms with van der Waals surface area (Å²) >= 11 is 0. The number of anilines is 2. The molecule has 1 atom stereocenters. The lowest BCUT2D eigenvalue weighted by Crippen LogP contribution is -2.44. The second-order valence-electron chi connectivity index (χ2n) is 5.44. The predicted molar refractivity (Wildman–Crippen MR) is 85.8 cm³/mol. The predicted octanol–water partition coefficient (Wildman–Crippen LogP) is -0.164. The summed E-state index contributed by atoms with van der Waals surface area (Å²) in [4.78, 5) is 1.89. The summed E-state index contributed by atoms with van der Waals surface area (Å²) in [6.07, 6.45) is 0.144. The Balaban J connectivity index is 1.93. The van der Waals surface area contributed by atoms with Crippen LogP contribution in [-0.4, -0.2) is 57.9 Å². The zero-order chi connectivity index (χ0) is 16.2. The van der Waals surface area contributed by atoms with Gasteiger partial charge in [0.05, 0.1) is 12.3 Å². The molecule has 0 amide bonds. The molecule has 0 spiro atoms. The smallest absolute Gasteiger partial charge is 0.148 e. The molecule has 8 heteroatoms. The van der Waals surface area contributed by atoms with Crippen molar-refractivity contribution in [3.05, 3.63) is 24.0 Å². The number of hydrogen-bond acceptors (Lipinski definition) is 6. The number of aliphatic hydroxyl groups is 2. The Labute approximate surface area is 131 Å². The van der Waals surface area contributed by atoms with E-state index in [1.807, 2.05) is 4.90 Å². The molecule has 1 aliphatic heterocycles. The van der Waals surface area contributed by atoms with Crippen molar-refractivity contribution in [1.82, 2.24) is 0 Å². The molecule has 5 N–H and O–H groups in total. The van der Waals surface area contributed by atoms with Gasteiger partial charge in [0.1, 0.15) is 11.5 Å². The van der Waals surface area contributed by atoms with Crippen molar-refractivity contribution in [3.63, 3.8) is 0 Å². The zero-order valence-corrected chi connectivity index (χ0v) is 13.1. The first-order chi connectivity index (χ1) is 10.4. The molecule has 0 saturated carbocycles. The fourth-order valence-corrected chi connectivity index (χ4v) is 3.31. The van der Waals surface area contributed by atoms with E-state index in [0.717, 1.165) is 0 Å². The van der Waals surface area contributed by atoms with Crippen molar-refractivity contribution in [2.24, 2.45) is 5.73 Å². The Morgan fingerprint density at radius 2 is 2.09 bits per heavy atom. The molecule has 6 nitrogen and oxygen atoms in total. The molecule has 2 rings (SSSR count). The molecule has 22 heavy (non-hydrogen) atoms. The second kappa shape index (κ2) is 7.36. The van der Waals surface area contributed by atoms with Crippen molar-refractivity contribution >= 4 is 22.2 Å². The summed E-state index contributed by atoms with van der Waals surface area (Å²) < 4.78 is 25.5. The van der Waals surface area contributed by atoms with E-state index < -0.39 is 23.1 Å². The molecular weight excluding hydrogens is 309 g/mol. The second-order valence-corrected chi connectivity index (χ2v) is 7.14. The van der Waals surface area contributed by atoms with Crippen LogP contribution in [0.25, 0.3) is 0 Å². The molecule has 1 aromatic carbocycles. The highest BCUT2D eigenvalue weighted by Gasteiger charge is 2.20. The van der Waals surface area contributed by atoms with Gasteiger partial charge in [-0.05, 0) is 18.2 Å². The van der Waals surface area contributed by atoms with E-state index in [-0.39, 0.29) is 12.2 Å². The largest absolute Gasteiger partial charge is 0.392 e. The number of rotatable bonds is 6. The fourth-order valence-electron chi connectivity index (χ4n) is 2.25. The van der Waals surface area contributed by atoms with E-state index in [0.29, 0.717) is 42.5 Å². The van der Waals surface area contributed by atoms with E-state index in [1.54, 1.807) is 12.1 Å². The maximum atomic E-state index is 14.2. The molecular formula is C14H22FN3O3S. The molecule has 0 radical (unpaired) electrons. The molecule has 0 aliphatic carbocycles. The lowest BCUT2D eigenvalue weighted by Gasteiger charge is -2.29. The summed E-state index contributed by atoms with van der Waals surface area (Å²) in [5.41, 5.74) is 4.86. The third-order valence-corrected chi connectivity index (χ3v) is 4.90. The molecule has 1 aliphatic rings. The Morgan fingerprint density at radius 3 is 2.68 bits per heavy atom. The quantitative estimate of drug-likeness (QED) is 0.541. The Hall–Kier alpha value is -1.22. The average molecular weight is 331 g/mol. The van der Waals surface area contributed by atoms with Crippen molar-refractivity contribution < 1.29 is 18.8 Å². The minimum Gasteiger partial charge on any atom is -0.392 e. The van der Waals surface area contributed by atoms with E-state index in [9.17, 15) is 13.7 Å². The lowest BCUT2D eigenvalue weighted by atomic mass is 10.1. The van der Waals surface area contributed by atoms with Gasteiger partial charge in [0.25, 0.3) is 0 Å². The van der Waals surface area contributed by atoms with Gasteiger partial charge in [0, 0.05) is 54.0 Å². The zero-order valence-electron chi connectivity index (χ0n) is 12.3. The maximum absolute atomic E-state index is 14.2. The standard InChI is InChI=1S/C14H22FN3O3S/c15-12-9-11(17-4-3-14(16,20)10-19)1-2-13(12)18-5-7-22(21)8-6-18/h1-2,9,17,19-20H,3-8,10,16H2/t14-/m1/s1. The van der Waals surface area contributed by atoms with Crippen LogP contribution in [0.2, 0.25) is 0 Å². The highest BCUT2D eigenvalue weighted by molar-refractivity contribution is 7.85. The normalized spacial score (nSPS) is 19.0. The summed E-state index contributed by atoms with van der Waals surface area (Å²) in [7, 11) is -0.792. The van der Waals surface area contributed by atoms with E-state index >= 15 is 0 Å². The van der Waals surface area contributed by atoms with Crippen LogP contribution in [-0.2, 0) is 10.8 Å². The molecule has 1 fully saturated rings. The van der Waals surface area contributed by atoms with Gasteiger partial charge in [0.2, 0.25) is 0 Å². The summed E-state index contributed by atoms with van der Waals surface area (Å²) in [6, 6.07) is 4.82. The highest BCUT2D eigenvalue weighted by atomic mass is 32.2. The number of halogens is 1. The average Bonchev–Trinajstić information content (AvgIpc) is 2.48. The van der Waals surface area contributed by atoms with Crippen LogP contribution in [0.1, 0.15) is 6.42 Å². The lowest BCUT2D eigenvalue weighted by molar-refractivity contribution is -0.0130. The van der Waals surface area contributed by atoms with E-state index in [4.69, 9.17) is 10.8 Å². The van der Waals surface area contributed by atoms with Crippen molar-refractivity contribution in [3.8, 4) is 0 Å². The monoisotopic (exact) mass is 331 g/mol. The van der Waals surface area contributed by atoms with Gasteiger partial charge < -0.3 is 26.2 Å². The first-order valence-electron chi connectivity index (χ1n) is 7.17. The molecule has 1 saturated heterocycles. The highest BCUT2D eigenvalue weighted by Crippen LogP contribution is 2.24. The number of benzene rings is 1. The summed E-state index contributed by atoms with van der Waals surface area (Å²) in [5.74, 6) is 0.786. The van der Waals surface area contributed by atoms with Crippen LogP contribution in [0.5, 0.6) is 0 Å². The minimum absolute atomic E-state index is 0.144. The minimum atomic E-state index is -1.63. The van der Waals surface area contributed by atoms with Crippen LogP contribution in [0.3, 0.4) is 0 Å². The summed E-state index contributed by atoms with van der Waals surface area (Å²) in [6.45, 7) is 0.966. The van der Waals surface area contributed by atoms with Crippen molar-refractivity contribution in [1.29, 1.82) is 0 Å². The van der Waals surface area contributed by atoms with Crippen LogP contribution in [0.15, 0.2) is 18.2 Å². The molecule has 0 aromatic heterocycles.